The zero-order chi connectivity index (χ0) is 22.8. The first kappa shape index (κ1) is 38.5. The third-order valence-corrected chi connectivity index (χ3v) is 5.81. The normalized spacial score (nSPS) is 10.2. The zero-order valence-electron chi connectivity index (χ0n) is 24.9. The third kappa shape index (κ3) is 32.9. The van der Waals surface area contributed by atoms with E-state index in [0.29, 0.717) is 13.2 Å². The van der Waals surface area contributed by atoms with E-state index in [4.69, 9.17) is 9.47 Å². The summed E-state index contributed by atoms with van der Waals surface area (Å²) in [6.45, 7) is 5.33. The van der Waals surface area contributed by atoms with Crippen molar-refractivity contribution in [1.29, 1.82) is 0 Å². The molecule has 0 bridgehead atoms. The molecule has 0 aliphatic carbocycles. The number of esters is 2. The second-order valence-corrected chi connectivity index (χ2v) is 8.98. The quantitative estimate of drug-likeness (QED) is 0.0907. The maximum absolute atomic E-state index is 11.7. The largest absolute Gasteiger partial charge is 1.00 e. The van der Waals surface area contributed by atoms with Crippen LogP contribution in [0.5, 0.6) is 0 Å². The number of unbranched alkanes of at least 4 members (excludes halogenated alkanes) is 18. The van der Waals surface area contributed by atoms with Crippen molar-refractivity contribution in [3.05, 3.63) is 0 Å². The number of ether oxygens (including phenoxy) is 2. The van der Waals surface area contributed by atoms with Crippen LogP contribution in [-0.4, -0.2) is 25.2 Å². The molecule has 0 rings (SSSR count). The minimum atomic E-state index is -0.455. The summed E-state index contributed by atoms with van der Waals surface area (Å²) in [6, 6.07) is 0. The molecule has 33 heavy (non-hydrogen) atoms. The van der Waals surface area contributed by atoms with Gasteiger partial charge in [-0.25, -0.2) is 0 Å². The van der Waals surface area contributed by atoms with E-state index in [0.717, 1.165) is 25.7 Å². The van der Waals surface area contributed by atoms with Crippen molar-refractivity contribution in [3.63, 3.8) is 0 Å². The molecule has 0 aliphatic heterocycles. The van der Waals surface area contributed by atoms with Crippen LogP contribution in [0, 0.1) is 0 Å². The van der Waals surface area contributed by atoms with Crippen LogP contribution in [-0.2, 0) is 19.1 Å². The van der Waals surface area contributed by atoms with Gasteiger partial charge in [0.1, 0.15) is 6.42 Å². The molecule has 0 atom stereocenters. The van der Waals surface area contributed by atoms with Gasteiger partial charge in [-0.2, -0.15) is 0 Å². The number of hydrogen-bond acceptors (Lipinski definition) is 4. The Labute approximate surface area is 253 Å². The van der Waals surface area contributed by atoms with E-state index in [9.17, 15) is 9.59 Å². The van der Waals surface area contributed by atoms with E-state index in [1.54, 1.807) is 0 Å². The van der Waals surface area contributed by atoms with Gasteiger partial charge in [0.2, 0.25) is 0 Å². The molecular formula is C27H54Na2O4. The van der Waals surface area contributed by atoms with Gasteiger partial charge in [-0.1, -0.05) is 129 Å². The Kier molecular flexibility index (Phi) is 38.4. The zero-order valence-corrected chi connectivity index (χ0v) is 26.9. The number of carbonyl (C=O) groups is 2. The van der Waals surface area contributed by atoms with Crippen LogP contribution in [0.3, 0.4) is 0 Å². The molecule has 0 unspecified atom stereocenters. The molecule has 0 heterocycles. The van der Waals surface area contributed by atoms with Crippen molar-refractivity contribution >= 4 is 11.9 Å². The van der Waals surface area contributed by atoms with Gasteiger partial charge in [0, 0.05) is 0 Å². The topological polar surface area (TPSA) is 52.6 Å². The smallest absolute Gasteiger partial charge is 1.00 e. The average molecular weight is 489 g/mol. The van der Waals surface area contributed by atoms with E-state index in [2.05, 4.69) is 13.8 Å². The van der Waals surface area contributed by atoms with Crippen molar-refractivity contribution < 1.29 is 81.0 Å². The van der Waals surface area contributed by atoms with Crippen molar-refractivity contribution in [2.45, 2.75) is 149 Å². The minimum Gasteiger partial charge on any atom is -1.00 e. The molecule has 0 aromatic carbocycles. The molecule has 0 fully saturated rings. The van der Waals surface area contributed by atoms with E-state index in [1.165, 1.54) is 103 Å². The average Bonchev–Trinajstić information content (AvgIpc) is 2.75. The molecular weight excluding hydrogens is 434 g/mol. The van der Waals surface area contributed by atoms with Crippen LogP contribution in [0.2, 0.25) is 0 Å². The van der Waals surface area contributed by atoms with Crippen molar-refractivity contribution in [2.75, 3.05) is 13.2 Å². The summed E-state index contributed by atoms with van der Waals surface area (Å²) in [7, 11) is 0. The van der Waals surface area contributed by atoms with Gasteiger partial charge in [0.05, 0.1) is 13.2 Å². The van der Waals surface area contributed by atoms with Crippen LogP contribution in [0.15, 0.2) is 0 Å². The summed E-state index contributed by atoms with van der Waals surface area (Å²) in [5, 5.41) is 0. The molecule has 188 valence electrons. The summed E-state index contributed by atoms with van der Waals surface area (Å²) >= 11 is 0. The number of rotatable bonds is 24. The Bertz CT molecular complexity index is 381. The van der Waals surface area contributed by atoms with Crippen LogP contribution < -0.4 is 59.1 Å². The Hall–Kier alpha value is 0.940. The summed E-state index contributed by atoms with van der Waals surface area (Å²) < 4.78 is 10.3. The summed E-state index contributed by atoms with van der Waals surface area (Å²) in [5.74, 6) is -0.909. The first-order valence-corrected chi connectivity index (χ1v) is 13.5. The van der Waals surface area contributed by atoms with Gasteiger partial charge in [0.25, 0.3) is 0 Å². The van der Waals surface area contributed by atoms with Gasteiger partial charge < -0.3 is 12.3 Å². The standard InChI is InChI=1S/C27H52O4.2Na.2H/c1-3-5-7-9-11-13-15-17-19-21-23-30-26(28)25-27(29)31-24-22-20-18-16-14-12-10-8-6-4-2;;;;/h3-25H2,1-2H3;;;;/q;2*+1;2*-1. The van der Waals surface area contributed by atoms with Gasteiger partial charge in [-0.3, -0.25) is 9.59 Å². The van der Waals surface area contributed by atoms with Crippen LogP contribution in [0.4, 0.5) is 0 Å². The van der Waals surface area contributed by atoms with Gasteiger partial charge in [0.15, 0.2) is 0 Å². The van der Waals surface area contributed by atoms with Crippen molar-refractivity contribution in [1.82, 2.24) is 0 Å². The Morgan fingerprint density at radius 1 is 0.455 bits per heavy atom. The maximum atomic E-state index is 11.7. The first-order chi connectivity index (χ1) is 15.2. The van der Waals surface area contributed by atoms with Gasteiger partial charge >= 0.3 is 71.1 Å². The Morgan fingerprint density at radius 2 is 0.697 bits per heavy atom. The van der Waals surface area contributed by atoms with E-state index >= 15 is 0 Å². The summed E-state index contributed by atoms with van der Waals surface area (Å²) in [4.78, 5) is 23.4. The first-order valence-electron chi connectivity index (χ1n) is 13.5. The Balaban J connectivity index is -0.000000750. The fraction of sp³-hybridized carbons (Fsp3) is 0.926. The molecule has 0 saturated carbocycles. The summed E-state index contributed by atoms with van der Waals surface area (Å²) in [5.41, 5.74) is 0. The number of hydrogen-bond donors (Lipinski definition) is 0. The molecule has 0 aromatic rings. The second-order valence-electron chi connectivity index (χ2n) is 8.98. The molecule has 0 saturated heterocycles. The van der Waals surface area contributed by atoms with Crippen LogP contribution in [0.1, 0.15) is 152 Å². The molecule has 6 heteroatoms. The number of carbonyl (C=O) groups excluding carboxylic acids is 2. The molecule has 0 radical (unpaired) electrons. The predicted molar refractivity (Wildman–Crippen MR) is 132 cm³/mol. The molecule has 0 N–H and O–H groups in total. The Morgan fingerprint density at radius 3 is 0.970 bits per heavy atom. The van der Waals surface area contributed by atoms with Crippen LogP contribution in [0.25, 0.3) is 0 Å². The van der Waals surface area contributed by atoms with Crippen molar-refractivity contribution in [2.24, 2.45) is 0 Å². The third-order valence-electron chi connectivity index (χ3n) is 5.81. The monoisotopic (exact) mass is 488 g/mol. The fourth-order valence-electron chi connectivity index (χ4n) is 3.77. The molecule has 4 nitrogen and oxygen atoms in total. The van der Waals surface area contributed by atoms with E-state index in [1.807, 2.05) is 0 Å². The molecule has 0 spiro atoms. The molecule has 0 aliphatic rings. The predicted octanol–water partition coefficient (Wildman–Crippen LogP) is 2.54. The maximum Gasteiger partial charge on any atom is 1.00 e. The fourth-order valence-corrected chi connectivity index (χ4v) is 3.77. The summed E-state index contributed by atoms with van der Waals surface area (Å²) in [6.07, 6.45) is 24.7. The molecule has 0 amide bonds. The minimum absolute atomic E-state index is 0. The van der Waals surface area contributed by atoms with Crippen molar-refractivity contribution in [3.8, 4) is 0 Å². The SMILES string of the molecule is CCCCCCCCCCCCOC(=O)CC(=O)OCCCCCCCCCCCC.[H-].[H-].[Na+].[Na+]. The second kappa shape index (κ2) is 32.9. The van der Waals surface area contributed by atoms with Crippen LogP contribution >= 0.6 is 0 Å². The van der Waals surface area contributed by atoms with Gasteiger partial charge in [-0.15, -0.1) is 0 Å². The van der Waals surface area contributed by atoms with Gasteiger partial charge in [-0.05, 0) is 12.8 Å². The van der Waals surface area contributed by atoms with E-state index < -0.39 is 11.9 Å². The molecule has 0 aromatic heterocycles. The van der Waals surface area contributed by atoms with E-state index in [-0.39, 0.29) is 68.4 Å².